The number of unbranched alkanes of at least 4 members (excludes halogenated alkanes) is 6. The topological polar surface area (TPSA) is 36.9 Å². The van der Waals surface area contributed by atoms with Crippen LogP contribution in [0.2, 0.25) is 0 Å². The van der Waals surface area contributed by atoms with Crippen LogP contribution in [0.15, 0.2) is 97.1 Å². The van der Waals surface area contributed by atoms with Crippen molar-refractivity contribution in [1.82, 2.24) is 0 Å². The minimum Gasteiger partial charge on any atom is -0.451 e. The van der Waals surface area contributed by atoms with Gasteiger partial charge in [-0.2, -0.15) is 0 Å². The van der Waals surface area contributed by atoms with E-state index in [4.69, 9.17) is 67.8 Å². The number of rotatable bonds is 14. The van der Waals surface area contributed by atoms with Crippen LogP contribution < -0.4 is 18.9 Å². The first kappa shape index (κ1) is 50.9. The van der Waals surface area contributed by atoms with Crippen molar-refractivity contribution in [2.75, 3.05) is 0 Å². The van der Waals surface area contributed by atoms with E-state index >= 15 is 0 Å². The maximum absolute atomic E-state index is 5.70. The molecule has 0 heterocycles. The minimum atomic E-state index is 0.450. The molecule has 0 aromatic heterocycles. The Bertz CT molecular complexity index is 2400. The lowest BCUT2D eigenvalue weighted by Crippen LogP contribution is -2.09. The van der Waals surface area contributed by atoms with Crippen molar-refractivity contribution in [3.63, 3.8) is 0 Å². The van der Waals surface area contributed by atoms with Gasteiger partial charge >= 0.3 is 0 Å². The fraction of sp³-hybridized carbons (Fsp3) is 0.276. The van der Waals surface area contributed by atoms with E-state index in [0.29, 0.717) is 43.2 Å². The number of thiocarbonyl (C=S) groups is 4. The van der Waals surface area contributed by atoms with Crippen LogP contribution >= 0.6 is 48.9 Å². The number of hydrogen-bond acceptors (Lipinski definition) is 8. The molecule has 334 valence electrons. The Morgan fingerprint density at radius 2 is 0.561 bits per heavy atom. The second-order valence-corrected chi connectivity index (χ2v) is 17.9. The Balaban J connectivity index is 1.87. The lowest BCUT2D eigenvalue weighted by atomic mass is 9.82. The van der Waals surface area contributed by atoms with Gasteiger partial charge in [-0.3, -0.25) is 0 Å². The Morgan fingerprint density at radius 3 is 0.758 bits per heavy atom. The quantitative estimate of drug-likeness (QED) is 0.0619. The normalized spacial score (nSPS) is 10.0. The van der Waals surface area contributed by atoms with E-state index in [-0.39, 0.29) is 0 Å². The smallest absolute Gasteiger partial charge is 0.164 e. The first-order valence-corrected chi connectivity index (χ1v) is 24.0. The molecule has 4 nitrogen and oxygen atoms in total. The van der Waals surface area contributed by atoms with Gasteiger partial charge < -0.3 is 18.9 Å². The van der Waals surface area contributed by atoms with Crippen LogP contribution in [0.3, 0.4) is 0 Å². The molecule has 0 bridgehead atoms. The predicted molar refractivity (Wildman–Crippen MR) is 287 cm³/mol. The molecule has 5 aromatic rings. The highest BCUT2D eigenvalue weighted by molar-refractivity contribution is 7.80. The Labute approximate surface area is 414 Å². The maximum Gasteiger partial charge on any atom is 0.164 e. The summed E-state index contributed by atoms with van der Waals surface area (Å²) in [4.78, 5) is 0. The van der Waals surface area contributed by atoms with E-state index in [1.807, 2.05) is 97.1 Å². The highest BCUT2D eigenvalue weighted by Gasteiger charge is 2.21. The molecule has 0 saturated heterocycles. The molecule has 0 fully saturated rings. The van der Waals surface area contributed by atoms with Crippen molar-refractivity contribution < 1.29 is 18.9 Å². The highest BCUT2D eigenvalue weighted by Crippen LogP contribution is 2.32. The zero-order valence-corrected chi connectivity index (χ0v) is 41.8. The third-order valence-electron chi connectivity index (χ3n) is 10.1. The lowest BCUT2D eigenvalue weighted by Gasteiger charge is -2.19. The minimum absolute atomic E-state index is 0.450. The van der Waals surface area contributed by atoms with Crippen molar-refractivity contribution in [3.05, 3.63) is 153 Å². The van der Waals surface area contributed by atoms with Gasteiger partial charge in [0.2, 0.25) is 0 Å². The summed E-state index contributed by atoms with van der Waals surface area (Å²) in [5.41, 5.74) is 8.84. The van der Waals surface area contributed by atoms with E-state index in [2.05, 4.69) is 61.2 Å². The summed E-state index contributed by atoms with van der Waals surface area (Å²) in [6, 6.07) is 30.7. The van der Waals surface area contributed by atoms with Gasteiger partial charge in [0.1, 0.15) is 23.0 Å². The molecule has 8 heteroatoms. The summed E-state index contributed by atoms with van der Waals surface area (Å²) < 4.78 is 22.8. The average molecular weight is 943 g/mol. The van der Waals surface area contributed by atoms with Crippen LogP contribution in [0.25, 0.3) is 0 Å². The maximum atomic E-state index is 5.70. The fourth-order valence-corrected chi connectivity index (χ4v) is 7.38. The van der Waals surface area contributed by atoms with Crippen molar-refractivity contribution >= 4 is 69.1 Å². The fourth-order valence-electron chi connectivity index (χ4n) is 6.99. The second kappa shape index (κ2) is 26.8. The van der Waals surface area contributed by atoms with Gasteiger partial charge in [-0.1, -0.05) is 99.7 Å². The van der Waals surface area contributed by atoms with Gasteiger partial charge in [0.25, 0.3) is 0 Å². The molecular formula is C58H54O4S4. The van der Waals surface area contributed by atoms with Crippen molar-refractivity contribution in [2.45, 2.75) is 106 Å². The summed E-state index contributed by atoms with van der Waals surface area (Å²) >= 11 is 20.8. The lowest BCUT2D eigenvalue weighted by molar-refractivity contribution is 0.561. The van der Waals surface area contributed by atoms with Crippen LogP contribution in [-0.4, -0.2) is 20.2 Å². The number of hydrogen-bond donors (Lipinski definition) is 0. The molecule has 0 unspecified atom stereocenters. The largest absolute Gasteiger partial charge is 0.451 e. The summed E-state index contributed by atoms with van der Waals surface area (Å²) in [5, 5.41) is 1.80. The Kier molecular flexibility index (Phi) is 20.6. The molecule has 5 aromatic carbocycles. The van der Waals surface area contributed by atoms with Gasteiger partial charge in [0.05, 0.1) is 0 Å². The Hall–Kier alpha value is -6.10. The van der Waals surface area contributed by atoms with Gasteiger partial charge in [-0.05, 0) is 183 Å². The second-order valence-electron chi connectivity index (χ2n) is 15.6. The van der Waals surface area contributed by atoms with Crippen LogP contribution in [0, 0.1) is 47.4 Å². The van der Waals surface area contributed by atoms with Crippen molar-refractivity contribution in [1.29, 1.82) is 0 Å². The van der Waals surface area contributed by atoms with Crippen LogP contribution in [0.1, 0.15) is 149 Å². The molecular weight excluding hydrogens is 889 g/mol. The zero-order valence-electron chi connectivity index (χ0n) is 38.6. The molecule has 0 saturated carbocycles. The molecule has 5 rings (SSSR count). The summed E-state index contributed by atoms with van der Waals surface area (Å²) in [5.74, 6) is 31.4. The molecule has 0 atom stereocenters. The van der Waals surface area contributed by atoms with Crippen LogP contribution in [0.5, 0.6) is 23.0 Å². The van der Waals surface area contributed by atoms with Gasteiger partial charge in [-0.15, -0.1) is 0 Å². The third-order valence-corrected chi connectivity index (χ3v) is 10.4. The zero-order chi connectivity index (χ0) is 47.3. The third kappa shape index (κ3) is 16.7. The molecule has 0 aliphatic carbocycles. The molecule has 66 heavy (non-hydrogen) atoms. The van der Waals surface area contributed by atoms with E-state index in [1.54, 1.807) is 27.7 Å². The summed E-state index contributed by atoms with van der Waals surface area (Å²) in [6.07, 6.45) is 9.93. The van der Waals surface area contributed by atoms with E-state index < -0.39 is 0 Å². The molecule has 0 aliphatic rings. The molecule has 0 radical (unpaired) electrons. The molecule has 0 N–H and O–H groups in total. The van der Waals surface area contributed by atoms with Crippen molar-refractivity contribution in [2.24, 2.45) is 0 Å². The first-order valence-electron chi connectivity index (χ1n) is 22.4. The van der Waals surface area contributed by atoms with Crippen LogP contribution in [0.4, 0.5) is 0 Å². The van der Waals surface area contributed by atoms with E-state index in [1.165, 1.54) is 0 Å². The Morgan fingerprint density at radius 1 is 0.333 bits per heavy atom. The standard InChI is InChI=1S/C58H54O4S4/c1-7-9-11-13-15-53-55(37-25-45-17-29-49(30-18-45)59-41(3)63)57(39-27-47-21-33-51(34-22-47)61-43(5)65)54(16-14-12-10-8-2)58(40-28-48-23-35-52(36-24-48)62-44(6)66)56(53)38-26-46-19-31-50(32-20-46)60-42(4)64/h17-24,29-36H,7-16H2,1-6H3. The highest BCUT2D eigenvalue weighted by atomic mass is 32.1. The average Bonchev–Trinajstić information content (AvgIpc) is 3.28. The predicted octanol–water partition coefficient (Wildman–Crippen LogP) is 14.4. The van der Waals surface area contributed by atoms with Gasteiger partial charge in [-0.25, -0.2) is 0 Å². The number of ether oxygens (including phenoxy) is 4. The van der Waals surface area contributed by atoms with E-state index in [0.717, 1.165) is 120 Å². The molecule has 0 aliphatic heterocycles. The number of benzene rings is 5. The van der Waals surface area contributed by atoms with Crippen molar-refractivity contribution in [3.8, 4) is 70.4 Å². The van der Waals surface area contributed by atoms with Gasteiger partial charge in [0, 0.05) is 72.2 Å². The molecule has 0 amide bonds. The molecule has 0 spiro atoms. The van der Waals surface area contributed by atoms with Crippen LogP contribution in [-0.2, 0) is 12.8 Å². The summed E-state index contributed by atoms with van der Waals surface area (Å²) in [7, 11) is 0. The monoisotopic (exact) mass is 942 g/mol. The first-order chi connectivity index (χ1) is 31.9. The van der Waals surface area contributed by atoms with E-state index in [9.17, 15) is 0 Å². The SMILES string of the molecule is CCCCCCc1c(C#Cc2ccc(OC(C)=S)cc2)c(C#Cc2ccc(OC(C)=S)cc2)c(CCCCCC)c(C#Cc2ccc(OC(C)=S)cc2)c1C#Cc1ccc(OC(C)=S)cc1. The van der Waals surface area contributed by atoms with Gasteiger partial charge in [0.15, 0.2) is 20.2 Å². The summed E-state index contributed by atoms with van der Waals surface area (Å²) in [6.45, 7) is 11.5.